The fourth-order valence-corrected chi connectivity index (χ4v) is 2.73. The summed E-state index contributed by atoms with van der Waals surface area (Å²) in [6.07, 6.45) is 10.9. The molecule has 0 unspecified atom stereocenters. The third kappa shape index (κ3) is 7.42. The summed E-state index contributed by atoms with van der Waals surface area (Å²) in [6, 6.07) is 14.0. The molecule has 0 saturated carbocycles. The Hall–Kier alpha value is -3.14. The van der Waals surface area contributed by atoms with Crippen molar-refractivity contribution in [2.24, 2.45) is 0 Å². The van der Waals surface area contributed by atoms with Crippen LogP contribution >= 0.6 is 0 Å². The molecule has 3 heterocycles. The predicted molar refractivity (Wildman–Crippen MR) is 101 cm³/mol. The molecule has 4 rings (SSSR count). The number of hydrogen-bond acceptors (Lipinski definition) is 3. The van der Waals surface area contributed by atoms with Crippen molar-refractivity contribution in [3.63, 3.8) is 0 Å². The Balaban J connectivity index is 0.000000277. The van der Waals surface area contributed by atoms with Gasteiger partial charge in [-0.05, 0) is 36.8 Å². The summed E-state index contributed by atoms with van der Waals surface area (Å²) in [6.45, 7) is 11.1. The topological polar surface area (TPSA) is 93.3 Å². The molecule has 143 valence electrons. The minimum atomic E-state index is -0.194. The minimum Gasteiger partial charge on any atom is -0.425 e. The summed E-state index contributed by atoms with van der Waals surface area (Å²) < 4.78 is 23.5. The van der Waals surface area contributed by atoms with Gasteiger partial charge in [0, 0.05) is 18.6 Å². The third-order valence-electron chi connectivity index (χ3n) is 3.45. The largest absolute Gasteiger partial charge is 0.425 e. The van der Waals surface area contributed by atoms with E-state index >= 15 is 0 Å². The van der Waals surface area contributed by atoms with Gasteiger partial charge in [0.1, 0.15) is 0 Å². The molecule has 0 saturated heterocycles. The first kappa shape index (κ1) is 23.9. The molecule has 10 heteroatoms. The van der Waals surface area contributed by atoms with E-state index in [4.69, 9.17) is 9.30 Å². The first-order valence-electron chi connectivity index (χ1n) is 8.11. The molecule has 0 N–H and O–H groups in total. The molecule has 8 nitrogen and oxygen atoms in total. The molecule has 3 aromatic heterocycles. The van der Waals surface area contributed by atoms with Gasteiger partial charge in [-0.1, -0.05) is 0 Å². The van der Waals surface area contributed by atoms with Crippen LogP contribution in [0.15, 0.2) is 79.6 Å². The Bertz CT molecular complexity index is 917. The van der Waals surface area contributed by atoms with Crippen LogP contribution in [0.3, 0.4) is 0 Å². The van der Waals surface area contributed by atoms with E-state index in [1.54, 1.807) is 32.4 Å². The number of benzene rings is 1. The fourth-order valence-electron chi connectivity index (χ4n) is 2.24. The first-order chi connectivity index (χ1) is 14.3. The monoisotopic (exact) mass is 555 g/mol. The van der Waals surface area contributed by atoms with E-state index in [-0.39, 0.29) is 7.12 Å². The maximum Gasteiger partial charge on any atom is 0.260 e. The van der Waals surface area contributed by atoms with Gasteiger partial charge in [-0.3, -0.25) is 0 Å². The summed E-state index contributed by atoms with van der Waals surface area (Å²) in [5.41, 5.74) is 2.51. The maximum atomic E-state index is 7.50. The van der Waals surface area contributed by atoms with Crippen LogP contribution in [0.4, 0.5) is 0 Å². The molecule has 0 aliphatic rings. The average Bonchev–Trinajstić information content (AvgIpc) is 3.57. The maximum absolute atomic E-state index is 7.50. The van der Waals surface area contributed by atoms with Gasteiger partial charge >= 0.3 is 88.3 Å². The zero-order valence-electron chi connectivity index (χ0n) is 15.5. The summed E-state index contributed by atoms with van der Waals surface area (Å²) in [7, 11) is -0.194. The van der Waals surface area contributed by atoms with Gasteiger partial charge in [-0.15, -0.1) is 0 Å². The molecule has 0 spiro atoms. The van der Waals surface area contributed by atoms with Gasteiger partial charge in [-0.25, -0.2) is 15.3 Å². The second-order valence-corrected chi connectivity index (χ2v) is 6.01. The van der Waals surface area contributed by atoms with Crippen LogP contribution in [0, 0.1) is 24.4 Å². The van der Waals surface area contributed by atoms with Crippen LogP contribution in [0.2, 0.25) is 0 Å². The van der Waals surface area contributed by atoms with Gasteiger partial charge in [0.15, 0.2) is 0 Å². The molecule has 1 aromatic carbocycles. The van der Waals surface area contributed by atoms with Crippen molar-refractivity contribution in [2.45, 2.75) is 6.92 Å². The molecule has 1 radical (unpaired) electrons. The molecule has 0 amide bonds. The Morgan fingerprint density at radius 2 is 1.17 bits per heavy atom. The van der Waals surface area contributed by atoms with E-state index in [2.05, 4.69) is 64.0 Å². The van der Waals surface area contributed by atoms with Crippen molar-refractivity contribution >= 4 is 7.12 Å². The van der Waals surface area contributed by atoms with Crippen molar-refractivity contribution in [2.75, 3.05) is 0 Å². The minimum absolute atomic E-state index is 0.194. The van der Waals surface area contributed by atoms with Crippen LogP contribution < -0.4 is 0 Å². The second kappa shape index (κ2) is 13.9. The zero-order valence-corrected chi connectivity index (χ0v) is 18.4. The molecule has 0 fully saturated rings. The third-order valence-corrected chi connectivity index (χ3v) is 4.30. The number of rotatable bonds is 3. The number of hydrogen-bond donors (Lipinski definition) is 0. The summed E-state index contributed by atoms with van der Waals surface area (Å²) in [4.78, 5) is 0. The van der Waals surface area contributed by atoms with E-state index in [0.29, 0.717) is 0 Å². The standard InChI is InChI=1S/C9H9BN6.C8H7.2CO.W/c1-4-11-14(7-1)10(15-8-2-5-12-15)16-9-3-6-13-16;1-7-3-5-8(2)6-4-7;2*1-2;/h1-9H;3-6H,1H3;;;/q-1;;;;+1. The molecule has 0 bridgehead atoms. The fraction of sp³-hybridized carbons (Fsp3) is 0.0526. The van der Waals surface area contributed by atoms with Crippen molar-refractivity contribution in [3.8, 4) is 4.20 Å². The summed E-state index contributed by atoms with van der Waals surface area (Å²) >= 11 is 1.38. The Morgan fingerprint density at radius 1 is 0.793 bits per heavy atom. The normalized spacial score (nSPS) is 8.86. The van der Waals surface area contributed by atoms with E-state index in [9.17, 15) is 0 Å². The second-order valence-electron chi connectivity index (χ2n) is 5.27. The van der Waals surface area contributed by atoms with Gasteiger partial charge in [0.05, 0.1) is 0 Å². The Labute approximate surface area is 179 Å². The number of nitrogens with zero attached hydrogens (tertiary/aromatic N) is 6. The van der Waals surface area contributed by atoms with E-state index in [1.807, 2.05) is 36.8 Å². The van der Waals surface area contributed by atoms with Gasteiger partial charge in [0.2, 0.25) is 0 Å². The SMILES string of the molecule is Cc1ccc([C]#[W+])cc1.[C-]#[O+].[C-]#[O+].c1cnn([B-](n2cccn2)n2cccn2)c1. The average molecular weight is 555 g/mol. The van der Waals surface area contributed by atoms with Gasteiger partial charge in [-0.2, -0.15) is 0 Å². The molecular weight excluding hydrogens is 539 g/mol. The van der Waals surface area contributed by atoms with Crippen molar-refractivity contribution in [1.29, 1.82) is 0 Å². The number of aromatic nitrogens is 6. The van der Waals surface area contributed by atoms with Crippen LogP contribution in [-0.2, 0) is 28.5 Å². The molecule has 0 atom stereocenters. The molecular formula is C19H16BN6O2W. The Morgan fingerprint density at radius 3 is 1.45 bits per heavy atom. The van der Waals surface area contributed by atoms with Gasteiger partial charge < -0.3 is 13.8 Å². The van der Waals surface area contributed by atoms with Crippen LogP contribution in [0.5, 0.6) is 0 Å². The van der Waals surface area contributed by atoms with E-state index in [1.165, 1.54) is 30.3 Å². The van der Waals surface area contributed by atoms with Crippen molar-refractivity contribution in [3.05, 3.63) is 104 Å². The van der Waals surface area contributed by atoms with Crippen molar-refractivity contribution in [1.82, 2.24) is 29.1 Å². The predicted octanol–water partition coefficient (Wildman–Crippen LogP) is 1.98. The Kier molecular flexibility index (Phi) is 11.5. The smallest absolute Gasteiger partial charge is 0.260 e. The van der Waals surface area contributed by atoms with Crippen LogP contribution in [0.25, 0.3) is 0 Å². The van der Waals surface area contributed by atoms with Crippen LogP contribution in [0.1, 0.15) is 11.1 Å². The van der Waals surface area contributed by atoms with E-state index in [0.717, 1.165) is 0 Å². The van der Waals surface area contributed by atoms with Gasteiger partial charge in [0.25, 0.3) is 7.12 Å². The van der Waals surface area contributed by atoms with Crippen LogP contribution in [-0.4, -0.2) is 36.2 Å². The zero-order chi connectivity index (χ0) is 21.5. The van der Waals surface area contributed by atoms with E-state index < -0.39 is 0 Å². The van der Waals surface area contributed by atoms with Crippen molar-refractivity contribution < 1.29 is 28.5 Å². The number of aryl methyl sites for hydroxylation is 1. The summed E-state index contributed by atoms with van der Waals surface area (Å²) in [5.74, 6) is 0. The molecule has 4 aromatic rings. The molecule has 29 heavy (non-hydrogen) atoms. The molecule has 0 aliphatic heterocycles. The first-order valence-corrected chi connectivity index (χ1v) is 9.57. The summed E-state index contributed by atoms with van der Waals surface area (Å²) in [5, 5.41) is 12.7. The molecule has 0 aliphatic carbocycles. The quantitative estimate of drug-likeness (QED) is 0.220.